The van der Waals surface area contributed by atoms with Gasteiger partial charge in [-0.15, -0.1) is 0 Å². The Kier molecular flexibility index (Phi) is 12.0. The number of nitrogens with one attached hydrogen (secondary N) is 1. The van der Waals surface area contributed by atoms with E-state index in [2.05, 4.69) is 101 Å². The number of hydrazine groups is 1. The van der Waals surface area contributed by atoms with Crippen molar-refractivity contribution in [2.24, 2.45) is 0 Å². The highest BCUT2D eigenvalue weighted by atomic mass is 16.2. The quantitative estimate of drug-likeness (QED) is 0.128. The van der Waals surface area contributed by atoms with E-state index in [9.17, 15) is 14.4 Å². The molecule has 4 aliphatic rings. The van der Waals surface area contributed by atoms with Crippen molar-refractivity contribution in [2.45, 2.75) is 116 Å². The molecule has 4 aromatic rings. The van der Waals surface area contributed by atoms with Crippen LogP contribution in [0.5, 0.6) is 0 Å². The first kappa shape index (κ1) is 39.8. The van der Waals surface area contributed by atoms with Crippen LogP contribution in [-0.4, -0.2) is 76.3 Å². The first-order chi connectivity index (χ1) is 28.2. The number of likely N-dealkylation sites (tertiary alicyclic amines) is 2. The summed E-state index contributed by atoms with van der Waals surface area (Å²) in [6.45, 7) is 13.9. The third kappa shape index (κ3) is 8.43. The smallest absolute Gasteiger partial charge is 0.238 e. The third-order valence-electron chi connectivity index (χ3n) is 13.0. The van der Waals surface area contributed by atoms with Gasteiger partial charge in [0.25, 0.3) is 0 Å². The van der Waals surface area contributed by atoms with Gasteiger partial charge in [0.05, 0.1) is 12.1 Å². The molecule has 9 nitrogen and oxygen atoms in total. The Labute approximate surface area is 345 Å². The number of fused-ring (bicyclic) bond motifs is 2. The molecule has 1 N–H and O–H groups in total. The number of nitrogens with zero attached hydrogens (tertiary/aromatic N) is 5. The lowest BCUT2D eigenvalue weighted by atomic mass is 9.87. The highest BCUT2D eigenvalue weighted by Gasteiger charge is 2.42. The van der Waals surface area contributed by atoms with Crippen molar-refractivity contribution in [3.05, 3.63) is 107 Å². The standard InChI is InChI=1S/C49H60N6O3/c1-34-27-49(44-29-42(19-21-46(44)50-34)40-15-11-38(12-16-40)31-51-23-7-5-8-24-51)55(37(4)58)53(33-56)48-28-35(2)54(36(3)57)47-22-20-43(30-45(47)48)41-17-13-39(14-18-41)32-52-25-9-6-10-26-52/h11-22,29-30,33-35,48-50H,5-10,23-28,31-32H2,1-4H3. The van der Waals surface area contributed by atoms with E-state index in [0.29, 0.717) is 12.8 Å². The van der Waals surface area contributed by atoms with Crippen LogP contribution in [0.25, 0.3) is 22.3 Å². The molecule has 0 saturated carbocycles. The number of carbonyl (C=O) groups is 3. The average molecular weight is 781 g/mol. The zero-order valence-electron chi connectivity index (χ0n) is 34.8. The van der Waals surface area contributed by atoms with Crippen molar-refractivity contribution < 1.29 is 14.4 Å². The topological polar surface area (TPSA) is 79.4 Å². The number of benzene rings is 4. The SMILES string of the molecule is CC(=O)N1c2ccc(-c3ccc(CN4CCCCC4)cc3)cc2C(N(C=O)N(C(C)=O)C2CC(C)Nc3ccc(-c4ccc(CN5CCCCC5)cc4)cc32)CC1C. The van der Waals surface area contributed by atoms with Gasteiger partial charge in [0.15, 0.2) is 0 Å². The minimum Gasteiger partial charge on any atom is -0.382 e. The number of hydrogen-bond donors (Lipinski definition) is 1. The normalized spacial score (nSPS) is 22.3. The number of rotatable bonds is 10. The summed E-state index contributed by atoms with van der Waals surface area (Å²) in [5, 5.41) is 6.98. The molecule has 0 radical (unpaired) electrons. The van der Waals surface area contributed by atoms with Gasteiger partial charge >= 0.3 is 0 Å². The maximum Gasteiger partial charge on any atom is 0.238 e. The van der Waals surface area contributed by atoms with Gasteiger partial charge in [-0.3, -0.25) is 24.2 Å². The fourth-order valence-electron chi connectivity index (χ4n) is 10.1. The van der Waals surface area contributed by atoms with Crippen LogP contribution in [0.4, 0.5) is 11.4 Å². The Morgan fingerprint density at radius 2 is 1.17 bits per heavy atom. The van der Waals surface area contributed by atoms with Crippen molar-refractivity contribution in [3.63, 3.8) is 0 Å². The second-order valence-electron chi connectivity index (χ2n) is 17.3. The Morgan fingerprint density at radius 3 is 1.69 bits per heavy atom. The molecular weight excluding hydrogens is 721 g/mol. The highest BCUT2D eigenvalue weighted by Crippen LogP contribution is 2.46. The number of amides is 3. The molecule has 4 aliphatic heterocycles. The number of hydrogen-bond acceptors (Lipinski definition) is 6. The molecule has 4 unspecified atom stereocenters. The van der Waals surface area contributed by atoms with E-state index in [1.807, 2.05) is 17.9 Å². The summed E-state index contributed by atoms with van der Waals surface area (Å²) in [6, 6.07) is 29.4. The van der Waals surface area contributed by atoms with Crippen molar-refractivity contribution in [1.29, 1.82) is 0 Å². The molecule has 0 spiro atoms. The molecular formula is C49H60N6O3. The van der Waals surface area contributed by atoms with Gasteiger partial charge in [0.2, 0.25) is 18.2 Å². The van der Waals surface area contributed by atoms with E-state index in [4.69, 9.17) is 0 Å². The van der Waals surface area contributed by atoms with Crippen molar-refractivity contribution in [2.75, 3.05) is 36.4 Å². The lowest BCUT2D eigenvalue weighted by Gasteiger charge is -2.48. The van der Waals surface area contributed by atoms with Gasteiger partial charge in [-0.1, -0.05) is 73.5 Å². The van der Waals surface area contributed by atoms with Crippen LogP contribution in [-0.2, 0) is 27.5 Å². The van der Waals surface area contributed by atoms with Gasteiger partial charge in [0.1, 0.15) is 0 Å². The Hall–Kier alpha value is -4.99. The van der Waals surface area contributed by atoms with Gasteiger partial charge in [-0.2, -0.15) is 0 Å². The summed E-state index contributed by atoms with van der Waals surface area (Å²) in [5.74, 6) is -0.246. The zero-order chi connectivity index (χ0) is 40.3. The highest BCUT2D eigenvalue weighted by molar-refractivity contribution is 5.94. The molecule has 3 amide bonds. The van der Waals surface area contributed by atoms with Gasteiger partial charge < -0.3 is 10.2 Å². The van der Waals surface area contributed by atoms with Crippen LogP contribution < -0.4 is 10.2 Å². The summed E-state index contributed by atoms with van der Waals surface area (Å²) in [5.41, 5.74) is 10.5. The largest absolute Gasteiger partial charge is 0.382 e. The predicted molar refractivity (Wildman–Crippen MR) is 233 cm³/mol. The molecule has 9 heteroatoms. The summed E-state index contributed by atoms with van der Waals surface area (Å²) in [7, 11) is 0. The van der Waals surface area contributed by atoms with E-state index in [0.717, 1.165) is 90.4 Å². The Balaban J connectivity index is 1.11. The Bertz CT molecular complexity index is 2090. The first-order valence-electron chi connectivity index (χ1n) is 21.7. The maximum absolute atomic E-state index is 14.0. The Morgan fingerprint density at radius 1 is 0.655 bits per heavy atom. The van der Waals surface area contributed by atoms with Gasteiger partial charge in [-0.25, -0.2) is 10.0 Å². The van der Waals surface area contributed by atoms with E-state index in [1.165, 1.54) is 49.7 Å². The second kappa shape index (κ2) is 17.5. The molecule has 4 atom stereocenters. The monoisotopic (exact) mass is 780 g/mol. The van der Waals surface area contributed by atoms with Crippen molar-refractivity contribution in [1.82, 2.24) is 19.8 Å². The molecule has 58 heavy (non-hydrogen) atoms. The van der Waals surface area contributed by atoms with Crippen LogP contribution in [0.1, 0.15) is 113 Å². The van der Waals surface area contributed by atoms with E-state index in [1.54, 1.807) is 23.9 Å². The third-order valence-corrected chi connectivity index (χ3v) is 13.0. The predicted octanol–water partition coefficient (Wildman–Crippen LogP) is 9.35. The maximum atomic E-state index is 14.0. The van der Waals surface area contributed by atoms with Gasteiger partial charge in [0, 0.05) is 61.5 Å². The van der Waals surface area contributed by atoms with E-state index in [-0.39, 0.29) is 29.9 Å². The minimum absolute atomic E-state index is 0.0451. The van der Waals surface area contributed by atoms with Crippen molar-refractivity contribution >= 4 is 29.6 Å². The van der Waals surface area contributed by atoms with Crippen LogP contribution in [0.15, 0.2) is 84.9 Å². The number of anilines is 2. The number of carbonyl (C=O) groups excluding carboxylic acids is 3. The van der Waals surface area contributed by atoms with Crippen LogP contribution in [0, 0.1) is 0 Å². The average Bonchev–Trinajstić information content (AvgIpc) is 3.23. The summed E-state index contributed by atoms with van der Waals surface area (Å²) < 4.78 is 0. The minimum atomic E-state index is -0.468. The van der Waals surface area contributed by atoms with Crippen LogP contribution in [0.2, 0.25) is 0 Å². The summed E-state index contributed by atoms with van der Waals surface area (Å²) in [4.78, 5) is 47.7. The van der Waals surface area contributed by atoms with Crippen molar-refractivity contribution in [3.8, 4) is 22.3 Å². The molecule has 4 heterocycles. The van der Waals surface area contributed by atoms with E-state index >= 15 is 0 Å². The van der Waals surface area contributed by atoms with Crippen LogP contribution in [0.3, 0.4) is 0 Å². The fraction of sp³-hybridized carbons (Fsp3) is 0.449. The lowest BCUT2D eigenvalue weighted by Crippen LogP contribution is -2.53. The lowest BCUT2D eigenvalue weighted by molar-refractivity contribution is -0.168. The summed E-state index contributed by atoms with van der Waals surface area (Å²) in [6.07, 6.45) is 9.68. The molecule has 0 aliphatic carbocycles. The molecule has 0 bridgehead atoms. The molecule has 2 fully saturated rings. The van der Waals surface area contributed by atoms with Crippen LogP contribution >= 0.6 is 0 Å². The fourth-order valence-corrected chi connectivity index (χ4v) is 10.1. The molecule has 304 valence electrons. The zero-order valence-corrected chi connectivity index (χ0v) is 34.8. The summed E-state index contributed by atoms with van der Waals surface area (Å²) >= 11 is 0. The number of piperidine rings is 2. The molecule has 8 rings (SSSR count). The first-order valence-corrected chi connectivity index (χ1v) is 21.7. The molecule has 0 aromatic heterocycles. The van der Waals surface area contributed by atoms with Gasteiger partial charge in [-0.05, 0) is 136 Å². The van der Waals surface area contributed by atoms with E-state index < -0.39 is 6.04 Å². The molecule has 2 saturated heterocycles. The molecule has 4 aromatic carbocycles. The second-order valence-corrected chi connectivity index (χ2v) is 17.3.